The van der Waals surface area contributed by atoms with Crippen molar-refractivity contribution in [1.82, 2.24) is 25.1 Å². The smallest absolute Gasteiger partial charge is 0.191 e. The lowest BCUT2D eigenvalue weighted by atomic mass is 10.2. The van der Waals surface area contributed by atoms with Crippen LogP contribution >= 0.6 is 0 Å². The van der Waals surface area contributed by atoms with Gasteiger partial charge in [-0.2, -0.15) is 0 Å². The molecule has 0 bridgehead atoms. The average Bonchev–Trinajstić information content (AvgIpc) is 2.95. The Kier molecular flexibility index (Phi) is 9.57. The Morgan fingerprint density at radius 1 is 1.16 bits per heavy atom. The molecule has 0 spiro atoms. The van der Waals surface area contributed by atoms with E-state index in [0.29, 0.717) is 24.5 Å². The lowest BCUT2D eigenvalue weighted by Crippen LogP contribution is -2.41. The molecule has 1 rings (SSSR count). The van der Waals surface area contributed by atoms with E-state index >= 15 is 0 Å². The van der Waals surface area contributed by atoms with E-state index in [0.717, 1.165) is 37.8 Å². The molecule has 0 aromatic carbocycles. The Hall–Kier alpha value is -1.56. The molecule has 0 atom stereocenters. The van der Waals surface area contributed by atoms with Crippen molar-refractivity contribution in [3.05, 3.63) is 18.2 Å². The monoisotopic (exact) mass is 350 g/mol. The number of nitrogens with one attached hydrogen (secondary N) is 2. The summed E-state index contributed by atoms with van der Waals surface area (Å²) in [6.45, 7) is 17.1. The Bertz CT molecular complexity index is 496. The molecule has 0 saturated heterocycles. The number of guanidine groups is 1. The summed E-state index contributed by atoms with van der Waals surface area (Å²) in [4.78, 5) is 11.3. The molecule has 1 aromatic heterocycles. The third-order valence-corrected chi connectivity index (χ3v) is 4.21. The topological polar surface area (TPSA) is 57.5 Å². The maximum atomic E-state index is 4.44. The van der Waals surface area contributed by atoms with Gasteiger partial charge in [-0.25, -0.2) is 4.98 Å². The van der Waals surface area contributed by atoms with E-state index in [4.69, 9.17) is 0 Å². The van der Waals surface area contributed by atoms with Gasteiger partial charge in [0, 0.05) is 51.2 Å². The molecule has 25 heavy (non-hydrogen) atoms. The summed E-state index contributed by atoms with van der Waals surface area (Å²) >= 11 is 0. The summed E-state index contributed by atoms with van der Waals surface area (Å²) in [5.41, 5.74) is 0. The normalized spacial score (nSPS) is 12.7. The summed E-state index contributed by atoms with van der Waals surface area (Å²) in [6.07, 6.45) is 5.00. The van der Waals surface area contributed by atoms with E-state index in [1.54, 1.807) is 0 Å². The summed E-state index contributed by atoms with van der Waals surface area (Å²) in [6, 6.07) is 1.16. The van der Waals surface area contributed by atoms with Gasteiger partial charge >= 0.3 is 0 Å². The van der Waals surface area contributed by atoms with Crippen molar-refractivity contribution in [3.63, 3.8) is 0 Å². The fraction of sp³-hybridized carbons (Fsp3) is 0.789. The summed E-state index contributed by atoms with van der Waals surface area (Å²) in [7, 11) is 1.81. The molecule has 0 aliphatic heterocycles. The Labute approximate surface area is 154 Å². The zero-order chi connectivity index (χ0) is 18.8. The van der Waals surface area contributed by atoms with Crippen molar-refractivity contribution < 1.29 is 0 Å². The standard InChI is InChI=1S/C19H38N6/c1-15(2)14-24-12-10-21-18(24)13-23-19(20-7)22-9-8-11-25(16(3)4)17(5)6/h10,12,15-17H,8-9,11,13-14H2,1-7H3,(H2,20,22,23). The largest absolute Gasteiger partial charge is 0.356 e. The lowest BCUT2D eigenvalue weighted by Gasteiger charge is -2.30. The summed E-state index contributed by atoms with van der Waals surface area (Å²) in [5.74, 6) is 2.48. The van der Waals surface area contributed by atoms with E-state index in [1.165, 1.54) is 0 Å². The fourth-order valence-corrected chi connectivity index (χ4v) is 3.03. The summed E-state index contributed by atoms with van der Waals surface area (Å²) < 4.78 is 2.20. The maximum Gasteiger partial charge on any atom is 0.191 e. The molecule has 2 N–H and O–H groups in total. The van der Waals surface area contributed by atoms with Crippen molar-refractivity contribution in [1.29, 1.82) is 0 Å². The SMILES string of the molecule is CN=C(NCCCN(C(C)C)C(C)C)NCc1nccn1CC(C)C. The number of nitrogens with zero attached hydrogens (tertiary/aromatic N) is 4. The zero-order valence-electron chi connectivity index (χ0n) is 17.2. The molecule has 0 amide bonds. The molecule has 0 fully saturated rings. The first-order chi connectivity index (χ1) is 11.8. The molecule has 0 aliphatic rings. The van der Waals surface area contributed by atoms with E-state index in [2.05, 4.69) is 71.6 Å². The molecule has 6 nitrogen and oxygen atoms in total. The molecular formula is C19H38N6. The van der Waals surface area contributed by atoms with Crippen LogP contribution in [-0.2, 0) is 13.1 Å². The van der Waals surface area contributed by atoms with Gasteiger partial charge in [-0.3, -0.25) is 9.89 Å². The molecule has 1 heterocycles. The molecule has 1 aromatic rings. The van der Waals surface area contributed by atoms with E-state index in [9.17, 15) is 0 Å². The van der Waals surface area contributed by atoms with Gasteiger partial charge in [-0.15, -0.1) is 0 Å². The number of imidazole rings is 1. The second-order valence-electron chi connectivity index (χ2n) is 7.52. The quantitative estimate of drug-likeness (QED) is 0.387. The third-order valence-electron chi connectivity index (χ3n) is 4.21. The molecular weight excluding hydrogens is 312 g/mol. The van der Waals surface area contributed by atoms with Crippen LogP contribution in [0.1, 0.15) is 53.8 Å². The molecule has 144 valence electrons. The molecule has 0 unspecified atom stereocenters. The van der Waals surface area contributed by atoms with Gasteiger partial charge < -0.3 is 15.2 Å². The molecule has 0 saturated carbocycles. The number of aromatic nitrogens is 2. The number of hydrogen-bond acceptors (Lipinski definition) is 3. The second-order valence-corrected chi connectivity index (χ2v) is 7.52. The van der Waals surface area contributed by atoms with Gasteiger partial charge in [0.2, 0.25) is 0 Å². The minimum atomic E-state index is 0.581. The van der Waals surface area contributed by atoms with Crippen LogP contribution in [-0.4, -0.2) is 52.6 Å². The second kappa shape index (κ2) is 11.1. The maximum absolute atomic E-state index is 4.44. The van der Waals surface area contributed by atoms with E-state index < -0.39 is 0 Å². The number of hydrogen-bond donors (Lipinski definition) is 2. The van der Waals surface area contributed by atoms with Crippen molar-refractivity contribution in [3.8, 4) is 0 Å². The number of rotatable bonds is 10. The predicted molar refractivity (Wildman–Crippen MR) is 107 cm³/mol. The number of aliphatic imine (C=N–C) groups is 1. The van der Waals surface area contributed by atoms with E-state index in [1.807, 2.05) is 19.4 Å². The van der Waals surface area contributed by atoms with Crippen LogP contribution in [0.3, 0.4) is 0 Å². The highest BCUT2D eigenvalue weighted by molar-refractivity contribution is 5.79. The highest BCUT2D eigenvalue weighted by Gasteiger charge is 2.12. The Balaban J connectivity index is 2.37. The average molecular weight is 351 g/mol. The first-order valence-corrected chi connectivity index (χ1v) is 9.55. The zero-order valence-corrected chi connectivity index (χ0v) is 17.2. The Morgan fingerprint density at radius 2 is 1.84 bits per heavy atom. The first kappa shape index (κ1) is 21.5. The lowest BCUT2D eigenvalue weighted by molar-refractivity contribution is 0.173. The van der Waals surface area contributed by atoms with Crippen LogP contribution in [0.5, 0.6) is 0 Å². The predicted octanol–water partition coefficient (Wildman–Crippen LogP) is 2.71. The van der Waals surface area contributed by atoms with Gasteiger partial charge in [-0.1, -0.05) is 13.8 Å². The van der Waals surface area contributed by atoms with Crippen LogP contribution in [0.25, 0.3) is 0 Å². The fourth-order valence-electron chi connectivity index (χ4n) is 3.03. The van der Waals surface area contributed by atoms with Gasteiger partial charge in [-0.05, 0) is 40.0 Å². The minimum Gasteiger partial charge on any atom is -0.356 e. The van der Waals surface area contributed by atoms with Crippen molar-refractivity contribution >= 4 is 5.96 Å². The summed E-state index contributed by atoms with van der Waals surface area (Å²) in [5, 5.41) is 6.76. The van der Waals surface area contributed by atoms with Crippen LogP contribution in [0.2, 0.25) is 0 Å². The first-order valence-electron chi connectivity index (χ1n) is 9.55. The Morgan fingerprint density at radius 3 is 2.40 bits per heavy atom. The molecule has 0 radical (unpaired) electrons. The van der Waals surface area contributed by atoms with Crippen molar-refractivity contribution in [2.24, 2.45) is 10.9 Å². The third kappa shape index (κ3) is 7.90. The highest BCUT2D eigenvalue weighted by atomic mass is 15.2. The van der Waals surface area contributed by atoms with Crippen molar-refractivity contribution in [2.45, 2.75) is 73.1 Å². The van der Waals surface area contributed by atoms with Crippen LogP contribution in [0.15, 0.2) is 17.4 Å². The van der Waals surface area contributed by atoms with Crippen LogP contribution in [0, 0.1) is 5.92 Å². The minimum absolute atomic E-state index is 0.581. The highest BCUT2D eigenvalue weighted by Crippen LogP contribution is 2.05. The van der Waals surface area contributed by atoms with Crippen molar-refractivity contribution in [2.75, 3.05) is 20.1 Å². The van der Waals surface area contributed by atoms with Gasteiger partial charge in [0.05, 0.1) is 6.54 Å². The molecule has 6 heteroatoms. The molecule has 0 aliphatic carbocycles. The van der Waals surface area contributed by atoms with Crippen LogP contribution < -0.4 is 10.6 Å². The van der Waals surface area contributed by atoms with Gasteiger partial charge in [0.25, 0.3) is 0 Å². The van der Waals surface area contributed by atoms with Gasteiger partial charge in [0.15, 0.2) is 5.96 Å². The van der Waals surface area contributed by atoms with Gasteiger partial charge in [0.1, 0.15) is 5.82 Å². The van der Waals surface area contributed by atoms with E-state index in [-0.39, 0.29) is 0 Å². The van der Waals surface area contributed by atoms with Crippen LogP contribution in [0.4, 0.5) is 0 Å².